The van der Waals surface area contributed by atoms with Gasteiger partial charge in [-0.15, -0.1) is 11.6 Å². The highest BCUT2D eigenvalue weighted by Gasteiger charge is 2.23. The Bertz CT molecular complexity index is 359. The van der Waals surface area contributed by atoms with Gasteiger partial charge in [-0.1, -0.05) is 25.3 Å². The lowest BCUT2D eigenvalue weighted by molar-refractivity contribution is 0.347. The molecule has 1 aliphatic rings. The van der Waals surface area contributed by atoms with Crippen molar-refractivity contribution in [1.82, 2.24) is 0 Å². The fourth-order valence-corrected chi connectivity index (χ4v) is 2.77. The summed E-state index contributed by atoms with van der Waals surface area (Å²) in [5.41, 5.74) is 0.701. The number of benzene rings is 1. The summed E-state index contributed by atoms with van der Waals surface area (Å²) >= 11 is 6.32. The van der Waals surface area contributed by atoms with Crippen LogP contribution in [0.15, 0.2) is 18.2 Å². The van der Waals surface area contributed by atoms with Crippen LogP contribution in [0.2, 0.25) is 0 Å². The molecule has 1 aromatic carbocycles. The van der Waals surface area contributed by atoms with Crippen LogP contribution in [0.25, 0.3) is 0 Å². The first kappa shape index (κ1) is 11.8. The smallest absolute Gasteiger partial charge is 0.159 e. The molecule has 0 heterocycles. The molecular weight excluding hydrogens is 230 g/mol. The van der Waals surface area contributed by atoms with Crippen molar-refractivity contribution in [3.05, 3.63) is 35.4 Å². The van der Waals surface area contributed by atoms with Gasteiger partial charge in [0.2, 0.25) is 0 Å². The Balaban J connectivity index is 2.12. The minimum absolute atomic E-state index is 0.185. The summed E-state index contributed by atoms with van der Waals surface area (Å²) in [4.78, 5) is 0. The van der Waals surface area contributed by atoms with Crippen molar-refractivity contribution < 1.29 is 8.78 Å². The van der Waals surface area contributed by atoms with E-state index >= 15 is 0 Å². The van der Waals surface area contributed by atoms with Gasteiger partial charge in [0.05, 0.1) is 5.38 Å². The summed E-state index contributed by atoms with van der Waals surface area (Å²) in [6.07, 6.45) is 5.83. The zero-order valence-corrected chi connectivity index (χ0v) is 9.81. The van der Waals surface area contributed by atoms with Gasteiger partial charge in [0, 0.05) is 0 Å². The van der Waals surface area contributed by atoms with E-state index in [1.165, 1.54) is 25.3 Å². The molecule has 88 valence electrons. The molecule has 0 aromatic heterocycles. The van der Waals surface area contributed by atoms with Gasteiger partial charge in [0.1, 0.15) is 0 Å². The summed E-state index contributed by atoms with van der Waals surface area (Å²) in [5.74, 6) is -1.21. The number of hydrogen-bond acceptors (Lipinski definition) is 0. The van der Waals surface area contributed by atoms with Gasteiger partial charge in [-0.25, -0.2) is 8.78 Å². The maximum absolute atomic E-state index is 13.1. The maximum Gasteiger partial charge on any atom is 0.159 e. The fraction of sp³-hybridized carbons (Fsp3) is 0.538. The second kappa shape index (κ2) is 5.13. The van der Waals surface area contributed by atoms with Crippen molar-refractivity contribution in [2.24, 2.45) is 5.92 Å². The van der Waals surface area contributed by atoms with Crippen molar-refractivity contribution in [2.75, 3.05) is 0 Å². The van der Waals surface area contributed by atoms with Crippen LogP contribution in [-0.2, 0) is 0 Å². The van der Waals surface area contributed by atoms with Crippen LogP contribution in [-0.4, -0.2) is 0 Å². The standard InChI is InChI=1S/C13H15ClF2/c14-13(9-4-2-1-3-5-9)10-6-7-11(15)12(16)8-10/h6-9,13H,1-5H2. The quantitative estimate of drug-likeness (QED) is 0.654. The molecule has 0 aliphatic heterocycles. The van der Waals surface area contributed by atoms with Crippen molar-refractivity contribution in [3.8, 4) is 0 Å². The molecule has 0 N–H and O–H groups in total. The molecule has 1 unspecified atom stereocenters. The maximum atomic E-state index is 13.1. The number of alkyl halides is 1. The predicted octanol–water partition coefficient (Wildman–Crippen LogP) is 4.83. The lowest BCUT2D eigenvalue weighted by atomic mass is 9.84. The Morgan fingerprint density at radius 2 is 1.75 bits per heavy atom. The van der Waals surface area contributed by atoms with E-state index in [4.69, 9.17) is 11.6 Å². The van der Waals surface area contributed by atoms with E-state index in [0.29, 0.717) is 11.5 Å². The molecule has 0 bridgehead atoms. The van der Waals surface area contributed by atoms with Gasteiger partial charge in [-0.3, -0.25) is 0 Å². The summed E-state index contributed by atoms with van der Waals surface area (Å²) < 4.78 is 25.9. The highest BCUT2D eigenvalue weighted by molar-refractivity contribution is 6.21. The molecule has 1 fully saturated rings. The Morgan fingerprint density at radius 1 is 1.06 bits per heavy atom. The molecule has 3 heteroatoms. The van der Waals surface area contributed by atoms with Crippen molar-refractivity contribution in [3.63, 3.8) is 0 Å². The Hall–Kier alpha value is -0.630. The first-order valence-electron chi connectivity index (χ1n) is 5.77. The minimum atomic E-state index is -0.809. The largest absolute Gasteiger partial charge is 0.204 e. The number of hydrogen-bond donors (Lipinski definition) is 0. The zero-order valence-electron chi connectivity index (χ0n) is 9.06. The second-order valence-electron chi connectivity index (χ2n) is 4.47. The van der Waals surface area contributed by atoms with Gasteiger partial charge in [0.15, 0.2) is 11.6 Å². The first-order chi connectivity index (χ1) is 7.68. The van der Waals surface area contributed by atoms with Gasteiger partial charge >= 0.3 is 0 Å². The van der Waals surface area contributed by atoms with Crippen LogP contribution in [0, 0.1) is 17.6 Å². The molecule has 1 atom stereocenters. The fourth-order valence-electron chi connectivity index (χ4n) is 2.38. The van der Waals surface area contributed by atoms with Crippen LogP contribution in [0.1, 0.15) is 43.0 Å². The van der Waals surface area contributed by atoms with Crippen LogP contribution in [0.5, 0.6) is 0 Å². The van der Waals surface area contributed by atoms with E-state index in [2.05, 4.69) is 0 Å². The van der Waals surface area contributed by atoms with Crippen molar-refractivity contribution in [2.45, 2.75) is 37.5 Å². The van der Waals surface area contributed by atoms with Crippen molar-refractivity contribution in [1.29, 1.82) is 0 Å². The van der Waals surface area contributed by atoms with Crippen molar-refractivity contribution >= 4 is 11.6 Å². The molecule has 1 saturated carbocycles. The molecule has 0 spiro atoms. The third-order valence-electron chi connectivity index (χ3n) is 3.33. The van der Waals surface area contributed by atoms with E-state index in [1.807, 2.05) is 0 Å². The monoisotopic (exact) mass is 244 g/mol. The third-order valence-corrected chi connectivity index (χ3v) is 3.93. The van der Waals surface area contributed by atoms with Crippen LogP contribution in [0.4, 0.5) is 8.78 Å². The molecule has 1 aromatic rings. The summed E-state index contributed by atoms with van der Waals surface area (Å²) in [6, 6.07) is 3.97. The van der Waals surface area contributed by atoms with E-state index in [1.54, 1.807) is 6.07 Å². The molecule has 0 nitrogen and oxygen atoms in total. The summed E-state index contributed by atoms with van der Waals surface area (Å²) in [5, 5.41) is -0.185. The highest BCUT2D eigenvalue weighted by Crippen LogP contribution is 2.38. The summed E-state index contributed by atoms with van der Waals surface area (Å²) in [7, 11) is 0. The van der Waals surface area contributed by atoms with Crippen LogP contribution < -0.4 is 0 Å². The van der Waals surface area contributed by atoms with E-state index in [0.717, 1.165) is 18.9 Å². The first-order valence-corrected chi connectivity index (χ1v) is 6.21. The Morgan fingerprint density at radius 3 is 2.38 bits per heavy atom. The van der Waals surface area contributed by atoms with E-state index < -0.39 is 11.6 Å². The number of halogens is 3. The van der Waals surface area contributed by atoms with E-state index in [-0.39, 0.29) is 5.38 Å². The third kappa shape index (κ3) is 2.54. The number of rotatable bonds is 2. The lowest BCUT2D eigenvalue weighted by Crippen LogP contribution is -2.12. The minimum Gasteiger partial charge on any atom is -0.204 e. The highest BCUT2D eigenvalue weighted by atomic mass is 35.5. The lowest BCUT2D eigenvalue weighted by Gasteiger charge is -2.26. The molecule has 0 saturated heterocycles. The molecule has 1 aliphatic carbocycles. The molecule has 16 heavy (non-hydrogen) atoms. The SMILES string of the molecule is Fc1ccc(C(Cl)C2CCCCC2)cc1F. The predicted molar refractivity (Wildman–Crippen MR) is 61.5 cm³/mol. The van der Waals surface area contributed by atoms with Crippen LogP contribution in [0.3, 0.4) is 0 Å². The van der Waals surface area contributed by atoms with Gasteiger partial charge in [-0.2, -0.15) is 0 Å². The van der Waals surface area contributed by atoms with Gasteiger partial charge in [0.25, 0.3) is 0 Å². The average Bonchev–Trinajstić information content (AvgIpc) is 2.33. The molecule has 0 radical (unpaired) electrons. The van der Waals surface area contributed by atoms with Gasteiger partial charge < -0.3 is 0 Å². The molecule has 2 rings (SSSR count). The molecule has 0 amide bonds. The zero-order chi connectivity index (χ0) is 11.5. The normalized spacial score (nSPS) is 19.7. The average molecular weight is 245 g/mol. The van der Waals surface area contributed by atoms with Crippen LogP contribution >= 0.6 is 11.6 Å². The van der Waals surface area contributed by atoms with Gasteiger partial charge in [-0.05, 0) is 36.5 Å². The van der Waals surface area contributed by atoms with E-state index in [9.17, 15) is 8.78 Å². The topological polar surface area (TPSA) is 0 Å². The Kier molecular flexibility index (Phi) is 3.80. The second-order valence-corrected chi connectivity index (χ2v) is 4.94. The molecular formula is C13H15ClF2. The Labute approximate surface area is 99.6 Å². The summed E-state index contributed by atoms with van der Waals surface area (Å²) in [6.45, 7) is 0.